The third-order valence-electron chi connectivity index (χ3n) is 5.87. The number of benzene rings is 3. The molecule has 4 aromatic rings. The molecule has 6 nitrogen and oxygen atoms in total. The lowest BCUT2D eigenvalue weighted by molar-refractivity contribution is 0.121. The van der Waals surface area contributed by atoms with E-state index >= 15 is 0 Å². The van der Waals surface area contributed by atoms with Gasteiger partial charge in [-0.25, -0.2) is 4.79 Å². The molecule has 1 aromatic heterocycles. The zero-order valence-corrected chi connectivity index (χ0v) is 18.5. The van der Waals surface area contributed by atoms with E-state index in [1.165, 1.54) is 5.56 Å². The Balaban J connectivity index is 1.59. The van der Waals surface area contributed by atoms with Crippen molar-refractivity contribution in [2.24, 2.45) is 0 Å². The van der Waals surface area contributed by atoms with E-state index in [-0.39, 0.29) is 12.6 Å². The quantitative estimate of drug-likeness (QED) is 0.334. The Morgan fingerprint density at radius 3 is 2.55 bits per heavy atom. The van der Waals surface area contributed by atoms with E-state index in [0.717, 1.165) is 27.8 Å². The van der Waals surface area contributed by atoms with Crippen LogP contribution in [0, 0.1) is 6.92 Å². The number of aromatic nitrogens is 1. The number of ether oxygens (including phenoxy) is 1. The van der Waals surface area contributed by atoms with Gasteiger partial charge in [-0.1, -0.05) is 54.6 Å². The Labute approximate surface area is 193 Å². The molecule has 170 valence electrons. The van der Waals surface area contributed by atoms with Crippen LogP contribution < -0.4 is 10.1 Å². The van der Waals surface area contributed by atoms with Crippen LogP contribution >= 0.6 is 0 Å². The minimum atomic E-state index is -1.09. The van der Waals surface area contributed by atoms with Crippen molar-refractivity contribution >= 4 is 17.0 Å². The van der Waals surface area contributed by atoms with Crippen molar-refractivity contribution in [3.05, 3.63) is 102 Å². The zero-order valence-electron chi connectivity index (χ0n) is 18.5. The summed E-state index contributed by atoms with van der Waals surface area (Å²) in [5.41, 5.74) is 4.27. The minimum absolute atomic E-state index is 0.177. The zero-order chi connectivity index (χ0) is 23.2. The number of hydrogen-bond acceptors (Lipinski definition) is 3. The number of carboxylic acid groups (broad SMARTS) is 1. The van der Waals surface area contributed by atoms with Gasteiger partial charge in [0.15, 0.2) is 0 Å². The second kappa shape index (κ2) is 10.2. The van der Waals surface area contributed by atoms with E-state index < -0.39 is 12.2 Å². The molecule has 0 aliphatic rings. The van der Waals surface area contributed by atoms with Crippen molar-refractivity contribution in [2.75, 3.05) is 6.54 Å². The van der Waals surface area contributed by atoms with E-state index in [2.05, 4.69) is 24.4 Å². The van der Waals surface area contributed by atoms with Crippen LogP contribution in [0.15, 0.2) is 85.1 Å². The Bertz CT molecular complexity index is 1220. The molecule has 0 fully saturated rings. The fourth-order valence-electron chi connectivity index (χ4n) is 4.11. The summed E-state index contributed by atoms with van der Waals surface area (Å²) >= 11 is 0. The molecule has 1 heterocycles. The largest absolute Gasteiger partial charge is 0.489 e. The van der Waals surface area contributed by atoms with Crippen molar-refractivity contribution in [1.29, 1.82) is 0 Å². The molecule has 0 saturated heterocycles. The highest BCUT2D eigenvalue weighted by molar-refractivity contribution is 5.82. The highest BCUT2D eigenvalue weighted by atomic mass is 16.5. The number of aliphatic hydroxyl groups is 1. The van der Waals surface area contributed by atoms with E-state index in [1.54, 1.807) is 0 Å². The first-order chi connectivity index (χ1) is 16.0. The van der Waals surface area contributed by atoms with Gasteiger partial charge in [0.05, 0.1) is 12.1 Å². The normalized spacial score (nSPS) is 12.9. The number of carbonyl (C=O) groups is 1. The molecular weight excluding hydrogens is 416 g/mol. The maximum atomic E-state index is 11.0. The smallest absolute Gasteiger partial charge is 0.404 e. The first kappa shape index (κ1) is 22.4. The molecule has 6 heteroatoms. The topological polar surface area (TPSA) is 83.7 Å². The summed E-state index contributed by atoms with van der Waals surface area (Å²) in [7, 11) is 0. The van der Waals surface area contributed by atoms with Gasteiger partial charge in [0, 0.05) is 23.6 Å². The van der Waals surface area contributed by atoms with Crippen molar-refractivity contribution in [3.8, 4) is 5.75 Å². The molecule has 4 rings (SSSR count). The summed E-state index contributed by atoms with van der Waals surface area (Å²) in [4.78, 5) is 10.8. The van der Waals surface area contributed by atoms with Gasteiger partial charge >= 0.3 is 6.09 Å². The summed E-state index contributed by atoms with van der Waals surface area (Å²) in [6, 6.07) is 25.5. The van der Waals surface area contributed by atoms with Gasteiger partial charge in [-0.15, -0.1) is 0 Å². The molecule has 0 saturated carbocycles. The van der Waals surface area contributed by atoms with Crippen LogP contribution in [0.2, 0.25) is 0 Å². The first-order valence-corrected chi connectivity index (χ1v) is 11.0. The molecule has 2 atom stereocenters. The Morgan fingerprint density at radius 2 is 1.79 bits per heavy atom. The summed E-state index contributed by atoms with van der Waals surface area (Å²) < 4.78 is 8.08. The number of amides is 1. The lowest BCUT2D eigenvalue weighted by atomic mass is 9.98. The van der Waals surface area contributed by atoms with Crippen LogP contribution in [-0.2, 0) is 6.61 Å². The number of rotatable bonds is 9. The van der Waals surface area contributed by atoms with Gasteiger partial charge in [-0.2, -0.15) is 0 Å². The lowest BCUT2D eigenvalue weighted by Crippen LogP contribution is -2.30. The van der Waals surface area contributed by atoms with Crippen molar-refractivity contribution in [2.45, 2.75) is 32.1 Å². The highest BCUT2D eigenvalue weighted by Gasteiger charge is 2.24. The number of aryl methyl sites for hydroxylation is 1. The van der Waals surface area contributed by atoms with Crippen LogP contribution in [0.25, 0.3) is 10.9 Å². The number of aliphatic hydroxyl groups excluding tert-OH is 1. The van der Waals surface area contributed by atoms with Crippen molar-refractivity contribution < 1.29 is 19.7 Å². The van der Waals surface area contributed by atoms with Gasteiger partial charge in [0.1, 0.15) is 12.4 Å². The van der Waals surface area contributed by atoms with Gasteiger partial charge in [-0.05, 0) is 54.3 Å². The molecule has 0 aliphatic carbocycles. The summed E-state index contributed by atoms with van der Waals surface area (Å²) in [5, 5.41) is 23.2. The molecule has 33 heavy (non-hydrogen) atoms. The SMILES string of the molecule is Cc1ccccc1COc1ccc2c(ccn2[C@@H](c2ccccc2)[C@H](O)CCNC(=O)O)c1. The highest BCUT2D eigenvalue weighted by Crippen LogP contribution is 2.31. The van der Waals surface area contributed by atoms with E-state index in [1.807, 2.05) is 77.5 Å². The fourth-order valence-corrected chi connectivity index (χ4v) is 4.11. The number of fused-ring (bicyclic) bond motifs is 1. The van der Waals surface area contributed by atoms with Crippen molar-refractivity contribution in [1.82, 2.24) is 9.88 Å². The third kappa shape index (κ3) is 5.35. The molecule has 0 aliphatic heterocycles. The van der Waals surface area contributed by atoms with Gasteiger partial charge in [0.2, 0.25) is 0 Å². The predicted octanol–water partition coefficient (Wildman–Crippen LogP) is 5.14. The molecular formula is C27H28N2O4. The minimum Gasteiger partial charge on any atom is -0.489 e. The Hall–Kier alpha value is -3.77. The average Bonchev–Trinajstić information content (AvgIpc) is 3.22. The van der Waals surface area contributed by atoms with E-state index in [4.69, 9.17) is 9.84 Å². The fraction of sp³-hybridized carbons (Fsp3) is 0.222. The van der Waals surface area contributed by atoms with Crippen molar-refractivity contribution in [3.63, 3.8) is 0 Å². The van der Waals surface area contributed by atoms with E-state index in [9.17, 15) is 9.90 Å². The third-order valence-corrected chi connectivity index (χ3v) is 5.87. The number of hydrogen-bond donors (Lipinski definition) is 3. The maximum absolute atomic E-state index is 11.0. The standard InChI is InChI=1S/C27H28N2O4/c1-19-7-5-6-10-22(19)18-33-23-11-12-24-21(17-23)14-16-29(24)26(20-8-3-2-4-9-20)25(30)13-15-28-27(31)32/h2-12,14,16-17,25-26,28,30H,13,15,18H2,1H3,(H,31,32)/t25-,26+/m1/s1. The average molecular weight is 445 g/mol. The number of nitrogens with one attached hydrogen (secondary N) is 1. The first-order valence-electron chi connectivity index (χ1n) is 11.0. The van der Waals surface area contributed by atoms with Gasteiger partial charge < -0.3 is 24.8 Å². The molecule has 1 amide bonds. The van der Waals surface area contributed by atoms with Crippen LogP contribution in [0.5, 0.6) is 5.75 Å². The summed E-state index contributed by atoms with van der Waals surface area (Å²) in [5.74, 6) is 0.783. The monoisotopic (exact) mass is 444 g/mol. The maximum Gasteiger partial charge on any atom is 0.404 e. The molecule has 3 aromatic carbocycles. The van der Waals surface area contributed by atoms with Gasteiger partial charge in [-0.3, -0.25) is 0 Å². The summed E-state index contributed by atoms with van der Waals surface area (Å²) in [6.45, 7) is 2.75. The number of nitrogens with zero attached hydrogens (tertiary/aromatic N) is 1. The molecule has 3 N–H and O–H groups in total. The second-order valence-corrected chi connectivity index (χ2v) is 8.10. The van der Waals surface area contributed by atoms with Gasteiger partial charge in [0.25, 0.3) is 0 Å². The molecule has 0 radical (unpaired) electrons. The Morgan fingerprint density at radius 1 is 1.03 bits per heavy atom. The van der Waals surface area contributed by atoms with Crippen LogP contribution in [0.4, 0.5) is 4.79 Å². The predicted molar refractivity (Wildman–Crippen MR) is 129 cm³/mol. The summed E-state index contributed by atoms with van der Waals surface area (Å²) in [6.07, 6.45) is 0.389. The van der Waals surface area contributed by atoms with E-state index in [0.29, 0.717) is 13.0 Å². The van der Waals surface area contributed by atoms with Crippen LogP contribution in [0.1, 0.15) is 29.2 Å². The second-order valence-electron chi connectivity index (χ2n) is 8.10. The molecule has 0 spiro atoms. The molecule has 0 unspecified atom stereocenters. The van der Waals surface area contributed by atoms with Crippen LogP contribution in [0.3, 0.4) is 0 Å². The Kier molecular flexibility index (Phi) is 6.95. The molecule has 0 bridgehead atoms. The lowest BCUT2D eigenvalue weighted by Gasteiger charge is -2.26. The van der Waals surface area contributed by atoms with Crippen LogP contribution in [-0.4, -0.2) is 33.5 Å².